The Morgan fingerprint density at radius 3 is 2.76 bits per heavy atom. The van der Waals surface area contributed by atoms with Gasteiger partial charge in [0.2, 0.25) is 5.95 Å². The topological polar surface area (TPSA) is 74.6 Å². The highest BCUT2D eigenvalue weighted by molar-refractivity contribution is 7.98. The molecule has 2 N–H and O–H groups in total. The zero-order chi connectivity index (χ0) is 12.4. The number of rotatable bonds is 4. The maximum Gasteiger partial charge on any atom is 0.222 e. The van der Waals surface area contributed by atoms with Crippen molar-refractivity contribution >= 4 is 17.7 Å². The van der Waals surface area contributed by atoms with Gasteiger partial charge < -0.3 is 5.73 Å². The molecule has 0 aliphatic carbocycles. The highest BCUT2D eigenvalue weighted by Crippen LogP contribution is 2.24. The average Bonchev–Trinajstić information content (AvgIpc) is 2.82. The number of thioether (sulfide) groups is 1. The van der Waals surface area contributed by atoms with E-state index in [0.717, 1.165) is 16.6 Å². The molecule has 2 heterocycles. The van der Waals surface area contributed by atoms with Crippen LogP contribution in [-0.4, -0.2) is 24.5 Å². The van der Waals surface area contributed by atoms with Crippen molar-refractivity contribution in [1.29, 1.82) is 0 Å². The second-order valence-corrected chi connectivity index (χ2v) is 5.02. The molecule has 0 saturated heterocycles. The zero-order valence-electron chi connectivity index (χ0n) is 10.2. The van der Waals surface area contributed by atoms with Crippen molar-refractivity contribution in [2.45, 2.75) is 30.8 Å². The molecule has 0 amide bonds. The van der Waals surface area contributed by atoms with E-state index >= 15 is 0 Å². The van der Waals surface area contributed by atoms with Crippen molar-refractivity contribution in [1.82, 2.24) is 24.5 Å². The van der Waals surface area contributed by atoms with Gasteiger partial charge in [0, 0.05) is 25.0 Å². The monoisotopic (exact) mass is 252 g/mol. The fraction of sp³-hybridized carbons (Fsp3) is 0.500. The number of nitrogens with zero attached hydrogens (tertiary/aromatic N) is 5. The van der Waals surface area contributed by atoms with E-state index in [9.17, 15) is 0 Å². The van der Waals surface area contributed by atoms with Crippen molar-refractivity contribution in [3.05, 3.63) is 18.0 Å². The molecule has 0 saturated carbocycles. The molecular formula is C10H16N6S. The van der Waals surface area contributed by atoms with Gasteiger partial charge in [-0.15, -0.1) is 10.2 Å². The minimum absolute atomic E-state index is 0.260. The van der Waals surface area contributed by atoms with E-state index in [2.05, 4.69) is 29.1 Å². The second-order valence-electron chi connectivity index (χ2n) is 4.07. The Morgan fingerprint density at radius 1 is 1.41 bits per heavy atom. The molecule has 0 aliphatic heterocycles. The summed E-state index contributed by atoms with van der Waals surface area (Å²) in [6, 6.07) is 2.25. The van der Waals surface area contributed by atoms with E-state index < -0.39 is 0 Å². The molecule has 2 aromatic rings. The van der Waals surface area contributed by atoms with Crippen LogP contribution < -0.4 is 5.73 Å². The smallest absolute Gasteiger partial charge is 0.222 e. The summed E-state index contributed by atoms with van der Waals surface area (Å²) in [4.78, 5) is 0. The van der Waals surface area contributed by atoms with E-state index in [0.29, 0.717) is 5.95 Å². The van der Waals surface area contributed by atoms with E-state index in [4.69, 9.17) is 5.73 Å². The third-order valence-corrected chi connectivity index (χ3v) is 3.30. The first-order chi connectivity index (χ1) is 8.08. The molecule has 6 nitrogen and oxygen atoms in total. The van der Waals surface area contributed by atoms with Gasteiger partial charge in [-0.05, 0) is 19.9 Å². The summed E-state index contributed by atoms with van der Waals surface area (Å²) in [5, 5.41) is 13.1. The molecule has 0 aliphatic rings. The maximum absolute atomic E-state index is 5.77. The number of aromatic nitrogens is 5. The summed E-state index contributed by atoms with van der Waals surface area (Å²) in [6.45, 7) is 4.12. The molecule has 0 bridgehead atoms. The van der Waals surface area contributed by atoms with Crippen LogP contribution in [0.5, 0.6) is 0 Å². The highest BCUT2D eigenvalue weighted by atomic mass is 32.2. The van der Waals surface area contributed by atoms with Gasteiger partial charge >= 0.3 is 0 Å². The fourth-order valence-electron chi connectivity index (χ4n) is 1.55. The number of hydrogen-bond acceptors (Lipinski definition) is 5. The number of aryl methyl sites for hydroxylation is 1. The van der Waals surface area contributed by atoms with Crippen LogP contribution in [0.25, 0.3) is 0 Å². The first kappa shape index (κ1) is 12.0. The Bertz CT molecular complexity index is 501. The van der Waals surface area contributed by atoms with Gasteiger partial charge in [-0.25, -0.2) is 0 Å². The summed E-state index contributed by atoms with van der Waals surface area (Å²) in [5.74, 6) is 1.23. The van der Waals surface area contributed by atoms with Gasteiger partial charge in [-0.3, -0.25) is 9.25 Å². The predicted molar refractivity (Wildman–Crippen MR) is 67.6 cm³/mol. The first-order valence-corrected chi connectivity index (χ1v) is 6.38. The molecule has 0 atom stereocenters. The Kier molecular flexibility index (Phi) is 3.37. The van der Waals surface area contributed by atoms with Gasteiger partial charge in [0.05, 0.1) is 5.69 Å². The molecule has 0 unspecified atom stereocenters. The summed E-state index contributed by atoms with van der Waals surface area (Å²) < 4.78 is 3.71. The minimum atomic E-state index is 0.260. The summed E-state index contributed by atoms with van der Waals surface area (Å²) in [7, 11) is 1.91. The molecule has 7 heteroatoms. The summed E-state index contributed by atoms with van der Waals surface area (Å²) >= 11 is 1.60. The third-order valence-electron chi connectivity index (χ3n) is 2.33. The third kappa shape index (κ3) is 2.60. The molecule has 2 rings (SSSR count). The van der Waals surface area contributed by atoms with Crippen molar-refractivity contribution in [3.63, 3.8) is 0 Å². The Labute approximate surface area is 104 Å². The number of hydrogen-bond donors (Lipinski definition) is 1. The van der Waals surface area contributed by atoms with Crippen molar-refractivity contribution < 1.29 is 0 Å². The molecule has 92 valence electrons. The second kappa shape index (κ2) is 4.79. The Hall–Kier alpha value is -1.50. The van der Waals surface area contributed by atoms with Gasteiger partial charge in [-0.2, -0.15) is 5.10 Å². The highest BCUT2D eigenvalue weighted by Gasteiger charge is 2.13. The van der Waals surface area contributed by atoms with Gasteiger partial charge in [-0.1, -0.05) is 11.8 Å². The molecule has 17 heavy (non-hydrogen) atoms. The standard InChI is InChI=1S/C10H16N6S/c1-7(2)16-9(11)12-13-10(16)17-6-8-4-5-15(3)14-8/h4-5,7H,6H2,1-3H3,(H2,11,12). The van der Waals surface area contributed by atoms with Crippen molar-refractivity contribution in [2.24, 2.45) is 7.05 Å². The SMILES string of the molecule is CC(C)n1c(N)nnc1SCc1ccn(C)n1. The molecule has 0 fully saturated rings. The van der Waals surface area contributed by atoms with Crippen LogP contribution in [0.1, 0.15) is 25.6 Å². The van der Waals surface area contributed by atoms with E-state index in [1.165, 1.54) is 0 Å². The molecular weight excluding hydrogens is 236 g/mol. The lowest BCUT2D eigenvalue weighted by Crippen LogP contribution is -2.07. The minimum Gasteiger partial charge on any atom is -0.368 e. The van der Waals surface area contributed by atoms with Gasteiger partial charge in [0.25, 0.3) is 0 Å². The lowest BCUT2D eigenvalue weighted by Gasteiger charge is -2.10. The van der Waals surface area contributed by atoms with Crippen LogP contribution in [0, 0.1) is 0 Å². The summed E-state index contributed by atoms with van der Waals surface area (Å²) in [6.07, 6.45) is 1.93. The molecule has 0 spiro atoms. The van der Waals surface area contributed by atoms with E-state index in [-0.39, 0.29) is 6.04 Å². The quantitative estimate of drug-likeness (QED) is 0.834. The average molecular weight is 252 g/mol. The van der Waals surface area contributed by atoms with Crippen LogP contribution in [0.15, 0.2) is 17.4 Å². The van der Waals surface area contributed by atoms with Crippen LogP contribution in [0.4, 0.5) is 5.95 Å². The van der Waals surface area contributed by atoms with Crippen molar-refractivity contribution in [2.75, 3.05) is 5.73 Å². The lowest BCUT2D eigenvalue weighted by molar-refractivity contribution is 0.557. The Morgan fingerprint density at radius 2 is 2.18 bits per heavy atom. The Balaban J connectivity index is 2.09. The largest absolute Gasteiger partial charge is 0.368 e. The van der Waals surface area contributed by atoms with Crippen molar-refractivity contribution in [3.8, 4) is 0 Å². The zero-order valence-corrected chi connectivity index (χ0v) is 11.0. The van der Waals surface area contributed by atoms with E-state index in [1.54, 1.807) is 16.4 Å². The number of anilines is 1. The predicted octanol–water partition coefficient (Wildman–Crippen LogP) is 1.47. The normalized spacial score (nSPS) is 11.3. The lowest BCUT2D eigenvalue weighted by atomic mass is 10.4. The molecule has 0 radical (unpaired) electrons. The number of nitrogen functional groups attached to an aromatic ring is 1. The van der Waals surface area contributed by atoms with Crippen LogP contribution in [0.3, 0.4) is 0 Å². The van der Waals surface area contributed by atoms with Crippen LogP contribution in [-0.2, 0) is 12.8 Å². The van der Waals surface area contributed by atoms with Crippen LogP contribution in [0.2, 0.25) is 0 Å². The van der Waals surface area contributed by atoms with Gasteiger partial charge in [0.1, 0.15) is 0 Å². The fourth-order valence-corrected chi connectivity index (χ4v) is 2.52. The van der Waals surface area contributed by atoms with Gasteiger partial charge in [0.15, 0.2) is 5.16 Å². The van der Waals surface area contributed by atoms with Crippen LogP contribution >= 0.6 is 11.8 Å². The van der Waals surface area contributed by atoms with E-state index in [1.807, 2.05) is 23.9 Å². The number of nitrogens with two attached hydrogens (primary N) is 1. The summed E-state index contributed by atoms with van der Waals surface area (Å²) in [5.41, 5.74) is 6.79. The molecule has 0 aromatic carbocycles. The molecule has 2 aromatic heterocycles. The maximum atomic E-state index is 5.77. The first-order valence-electron chi connectivity index (χ1n) is 5.39.